The largest absolute Gasteiger partial charge is 0.477 e. The minimum absolute atomic E-state index is 0.0513. The summed E-state index contributed by atoms with van der Waals surface area (Å²) in [5, 5.41) is 16.8. The lowest BCUT2D eigenvalue weighted by Gasteiger charge is -2.06. The molecule has 10 nitrogen and oxygen atoms in total. The number of unbranched alkanes of at least 4 members (excludes halogenated alkanes) is 1. The Kier molecular flexibility index (Phi) is 10.1. The Bertz CT molecular complexity index is 932. The molecule has 0 spiro atoms. The number of carboxylic acid groups (broad SMARTS) is 1. The number of esters is 1. The Hall–Kier alpha value is -3.24. The summed E-state index contributed by atoms with van der Waals surface area (Å²) < 4.78 is 4.67. The van der Waals surface area contributed by atoms with Crippen molar-refractivity contribution in [2.75, 3.05) is 20.3 Å². The zero-order valence-electron chi connectivity index (χ0n) is 16.1. The fourth-order valence-corrected chi connectivity index (χ4v) is 2.54. The zero-order chi connectivity index (χ0) is 21.8. The van der Waals surface area contributed by atoms with Crippen molar-refractivity contribution in [1.29, 1.82) is 0 Å². The summed E-state index contributed by atoms with van der Waals surface area (Å²) in [4.78, 5) is 49.8. The number of aliphatic hydroxyl groups excluding tert-OH is 1. The quantitative estimate of drug-likeness (QED) is 0.301. The number of rotatable bonds is 8. The van der Waals surface area contributed by atoms with E-state index in [1.807, 2.05) is 11.1 Å². The van der Waals surface area contributed by atoms with Crippen LogP contribution in [0, 0.1) is 0 Å². The van der Waals surface area contributed by atoms with E-state index in [0.717, 1.165) is 5.56 Å². The molecule has 0 bridgehead atoms. The van der Waals surface area contributed by atoms with E-state index < -0.39 is 23.2 Å². The van der Waals surface area contributed by atoms with Crippen LogP contribution in [0.1, 0.15) is 44.8 Å². The third kappa shape index (κ3) is 7.72. The smallest absolute Gasteiger partial charge is 0.352 e. The van der Waals surface area contributed by atoms with Crippen LogP contribution in [0.4, 0.5) is 0 Å². The number of carbonyl (C=O) groups excluding carboxylic acids is 1. The number of aryl methyl sites for hydroxylation is 1. The van der Waals surface area contributed by atoms with E-state index in [-0.39, 0.29) is 24.3 Å². The average molecular weight is 407 g/mol. The number of H-pyrrole nitrogens is 2. The van der Waals surface area contributed by atoms with Crippen molar-refractivity contribution >= 4 is 11.9 Å². The highest BCUT2D eigenvalue weighted by atomic mass is 16.5. The molecule has 10 heteroatoms. The summed E-state index contributed by atoms with van der Waals surface area (Å²) in [6.07, 6.45) is 2.12. The number of nitrogens with two attached hydrogens (primary N) is 1. The Labute approximate surface area is 166 Å². The van der Waals surface area contributed by atoms with Crippen LogP contribution in [-0.4, -0.2) is 52.4 Å². The summed E-state index contributed by atoms with van der Waals surface area (Å²) in [7, 11) is 1.32. The van der Waals surface area contributed by atoms with Crippen LogP contribution in [0.15, 0.2) is 33.9 Å². The molecular formula is C19H25N3O7. The molecule has 2 aromatic rings. The van der Waals surface area contributed by atoms with Crippen LogP contribution in [0.2, 0.25) is 0 Å². The number of methoxy groups -OCH3 is 1. The lowest BCUT2D eigenvalue weighted by Crippen LogP contribution is -2.30. The highest BCUT2D eigenvalue weighted by molar-refractivity contribution is 5.89. The second-order valence-electron chi connectivity index (χ2n) is 5.98. The molecule has 0 saturated carbocycles. The minimum atomic E-state index is -1.34. The molecule has 0 radical (unpaired) electrons. The number of aromatic amines is 2. The standard InChI is InChI=1S/C17H18N2O6.C2H7NO/c1-25-16(23)11-7-4-6-10(9-11)5-2-3-8-12-13(15(21)22)18-17(24)19-14(12)20;3-1-2-4/h4,6-7,9H,2-3,5,8H2,1H3,(H,21,22)(H2,18,19,20,24);4H,1-3H2. The molecule has 0 aliphatic carbocycles. The van der Waals surface area contributed by atoms with E-state index in [1.54, 1.807) is 18.2 Å². The third-order valence-electron chi connectivity index (χ3n) is 3.87. The van der Waals surface area contributed by atoms with Gasteiger partial charge in [0.25, 0.3) is 5.56 Å². The molecule has 29 heavy (non-hydrogen) atoms. The van der Waals surface area contributed by atoms with Gasteiger partial charge in [0.1, 0.15) is 5.69 Å². The van der Waals surface area contributed by atoms with Crippen LogP contribution >= 0.6 is 0 Å². The Morgan fingerprint density at radius 3 is 2.38 bits per heavy atom. The molecule has 1 aromatic carbocycles. The van der Waals surface area contributed by atoms with Crippen molar-refractivity contribution in [3.05, 3.63) is 67.5 Å². The molecule has 0 fully saturated rings. The minimum Gasteiger partial charge on any atom is -0.477 e. The maximum Gasteiger partial charge on any atom is 0.352 e. The summed E-state index contributed by atoms with van der Waals surface area (Å²) in [5.41, 5.74) is 4.33. The number of nitrogens with one attached hydrogen (secondary N) is 2. The van der Waals surface area contributed by atoms with Gasteiger partial charge in [-0.1, -0.05) is 12.1 Å². The maximum atomic E-state index is 11.8. The predicted octanol–water partition coefficient (Wildman–Crippen LogP) is 0.0508. The summed E-state index contributed by atoms with van der Waals surface area (Å²) in [6.45, 7) is 0.472. The predicted molar refractivity (Wildman–Crippen MR) is 105 cm³/mol. The third-order valence-corrected chi connectivity index (χ3v) is 3.87. The molecule has 6 N–H and O–H groups in total. The van der Waals surface area contributed by atoms with Gasteiger partial charge in [-0.05, 0) is 43.4 Å². The number of ether oxygens (including phenoxy) is 1. The van der Waals surface area contributed by atoms with Crippen LogP contribution in [-0.2, 0) is 17.6 Å². The van der Waals surface area contributed by atoms with Crippen molar-refractivity contribution in [3.8, 4) is 0 Å². The first-order valence-corrected chi connectivity index (χ1v) is 8.91. The monoisotopic (exact) mass is 407 g/mol. The van der Waals surface area contributed by atoms with Crippen molar-refractivity contribution in [2.24, 2.45) is 5.73 Å². The van der Waals surface area contributed by atoms with E-state index in [4.69, 9.17) is 15.9 Å². The molecule has 0 aliphatic rings. The van der Waals surface area contributed by atoms with E-state index in [1.165, 1.54) is 7.11 Å². The van der Waals surface area contributed by atoms with Gasteiger partial charge in [-0.25, -0.2) is 14.4 Å². The molecule has 0 atom stereocenters. The van der Waals surface area contributed by atoms with Crippen LogP contribution in [0.5, 0.6) is 0 Å². The number of hydrogen-bond acceptors (Lipinski definition) is 7. The molecule has 1 heterocycles. The van der Waals surface area contributed by atoms with Gasteiger partial charge in [-0.2, -0.15) is 0 Å². The van der Waals surface area contributed by atoms with E-state index in [0.29, 0.717) is 31.4 Å². The normalized spacial score (nSPS) is 10.0. The second kappa shape index (κ2) is 12.3. The van der Waals surface area contributed by atoms with Crippen molar-refractivity contribution < 1.29 is 24.5 Å². The SMILES string of the molecule is COC(=O)c1cccc(CCCCc2c(C(=O)O)[nH]c(=O)[nH]c2=O)c1.NCCO. The van der Waals surface area contributed by atoms with Crippen molar-refractivity contribution in [3.63, 3.8) is 0 Å². The lowest BCUT2D eigenvalue weighted by atomic mass is 10.0. The summed E-state index contributed by atoms with van der Waals surface area (Å²) >= 11 is 0. The molecule has 0 aliphatic heterocycles. The van der Waals surface area contributed by atoms with Gasteiger partial charge in [-0.15, -0.1) is 0 Å². The number of aromatic carboxylic acids is 1. The van der Waals surface area contributed by atoms with Crippen LogP contribution < -0.4 is 17.0 Å². The molecule has 158 valence electrons. The Morgan fingerprint density at radius 1 is 1.14 bits per heavy atom. The summed E-state index contributed by atoms with van der Waals surface area (Å²) in [5.74, 6) is -1.75. The highest BCUT2D eigenvalue weighted by Gasteiger charge is 2.15. The molecular weight excluding hydrogens is 382 g/mol. The van der Waals surface area contributed by atoms with Crippen molar-refractivity contribution in [1.82, 2.24) is 9.97 Å². The molecule has 2 rings (SSSR count). The molecule has 0 amide bonds. The fraction of sp³-hybridized carbons (Fsp3) is 0.368. The first-order chi connectivity index (χ1) is 13.8. The number of aromatic nitrogens is 2. The molecule has 1 aromatic heterocycles. The average Bonchev–Trinajstić information content (AvgIpc) is 2.71. The van der Waals surface area contributed by atoms with Gasteiger partial charge in [-0.3, -0.25) is 9.78 Å². The summed E-state index contributed by atoms with van der Waals surface area (Å²) in [6, 6.07) is 7.04. The fourth-order valence-electron chi connectivity index (χ4n) is 2.54. The molecule has 0 unspecified atom stereocenters. The Balaban J connectivity index is 0.000000960. The zero-order valence-corrected chi connectivity index (χ0v) is 16.1. The number of aliphatic hydroxyl groups is 1. The number of carboxylic acids is 1. The second-order valence-corrected chi connectivity index (χ2v) is 5.98. The van der Waals surface area contributed by atoms with Crippen LogP contribution in [0.3, 0.4) is 0 Å². The van der Waals surface area contributed by atoms with Gasteiger partial charge in [0.15, 0.2) is 0 Å². The topological polar surface area (TPSA) is 176 Å². The Morgan fingerprint density at radius 2 is 1.79 bits per heavy atom. The molecule has 0 saturated heterocycles. The van der Waals surface area contributed by atoms with E-state index >= 15 is 0 Å². The number of benzene rings is 1. The lowest BCUT2D eigenvalue weighted by molar-refractivity contribution is 0.0599. The number of hydrogen-bond donors (Lipinski definition) is 5. The maximum absolute atomic E-state index is 11.8. The van der Waals surface area contributed by atoms with Gasteiger partial charge in [0, 0.05) is 12.1 Å². The van der Waals surface area contributed by atoms with E-state index in [9.17, 15) is 19.2 Å². The van der Waals surface area contributed by atoms with E-state index in [2.05, 4.69) is 9.72 Å². The number of carbonyl (C=O) groups is 2. The first kappa shape index (κ1) is 23.8. The van der Waals surface area contributed by atoms with Crippen LogP contribution in [0.25, 0.3) is 0 Å². The van der Waals surface area contributed by atoms with Crippen molar-refractivity contribution in [2.45, 2.75) is 25.7 Å². The van der Waals surface area contributed by atoms with Gasteiger partial charge in [0.05, 0.1) is 19.3 Å². The highest BCUT2D eigenvalue weighted by Crippen LogP contribution is 2.11. The van der Waals surface area contributed by atoms with Gasteiger partial charge < -0.3 is 25.7 Å². The van der Waals surface area contributed by atoms with Gasteiger partial charge in [0.2, 0.25) is 0 Å². The van der Waals surface area contributed by atoms with Gasteiger partial charge >= 0.3 is 17.6 Å². The first-order valence-electron chi connectivity index (χ1n) is 8.91.